The van der Waals surface area contributed by atoms with Crippen molar-refractivity contribution in [2.24, 2.45) is 5.92 Å². The zero-order chi connectivity index (χ0) is 12.0. The Balaban J connectivity index is 2.60. The van der Waals surface area contributed by atoms with Crippen LogP contribution in [0.5, 0.6) is 0 Å². The number of hydrogen-bond donors (Lipinski definition) is 1. The summed E-state index contributed by atoms with van der Waals surface area (Å²) in [5.74, 6) is 0.730. The average molecular weight is 220 g/mol. The van der Waals surface area contributed by atoms with Crippen molar-refractivity contribution in [3.8, 4) is 0 Å². The third-order valence-electron chi connectivity index (χ3n) is 2.68. The molecule has 1 heterocycles. The molecule has 0 bridgehead atoms. The Morgan fingerprint density at radius 1 is 1.38 bits per heavy atom. The van der Waals surface area contributed by atoms with Gasteiger partial charge in [0.25, 0.3) is 0 Å². The molecule has 1 atom stereocenters. The summed E-state index contributed by atoms with van der Waals surface area (Å²) in [7, 11) is 0. The van der Waals surface area contributed by atoms with Crippen molar-refractivity contribution in [3.63, 3.8) is 0 Å². The average Bonchev–Trinajstić information content (AvgIpc) is 2.16. The Morgan fingerprint density at radius 3 is 2.69 bits per heavy atom. The quantitative estimate of drug-likeness (QED) is 0.797. The first kappa shape index (κ1) is 13.2. The maximum Gasteiger partial charge on any atom is 0.0421 e. The van der Waals surface area contributed by atoms with E-state index in [1.165, 1.54) is 17.7 Å². The predicted molar refractivity (Wildman–Crippen MR) is 69.6 cm³/mol. The lowest BCUT2D eigenvalue weighted by Gasteiger charge is -2.19. The molecule has 0 aliphatic carbocycles. The van der Waals surface area contributed by atoms with Gasteiger partial charge in [-0.05, 0) is 43.5 Å². The van der Waals surface area contributed by atoms with Crippen molar-refractivity contribution in [1.29, 1.82) is 0 Å². The predicted octanol–water partition coefficient (Wildman–Crippen LogP) is 2.96. The van der Waals surface area contributed by atoms with E-state index in [9.17, 15) is 0 Å². The molecule has 1 N–H and O–H groups in total. The van der Waals surface area contributed by atoms with Gasteiger partial charge >= 0.3 is 0 Å². The lowest BCUT2D eigenvalue weighted by atomic mass is 9.99. The van der Waals surface area contributed by atoms with Gasteiger partial charge in [-0.15, -0.1) is 0 Å². The van der Waals surface area contributed by atoms with Crippen molar-refractivity contribution in [2.75, 3.05) is 6.54 Å². The highest BCUT2D eigenvalue weighted by atomic mass is 14.9. The smallest absolute Gasteiger partial charge is 0.0421 e. The monoisotopic (exact) mass is 220 g/mol. The highest BCUT2D eigenvalue weighted by Crippen LogP contribution is 2.10. The van der Waals surface area contributed by atoms with Crippen molar-refractivity contribution in [2.45, 2.75) is 46.6 Å². The summed E-state index contributed by atoms with van der Waals surface area (Å²) in [6.45, 7) is 9.86. The first-order valence-electron chi connectivity index (χ1n) is 6.26. The lowest BCUT2D eigenvalue weighted by Crippen LogP contribution is -2.32. The molecule has 2 heteroatoms. The molecule has 0 aromatic carbocycles. The zero-order valence-corrected chi connectivity index (χ0v) is 11.0. The third-order valence-corrected chi connectivity index (χ3v) is 2.68. The molecule has 1 rings (SSSR count). The Labute approximate surface area is 99.5 Å². The van der Waals surface area contributed by atoms with Crippen LogP contribution < -0.4 is 5.32 Å². The largest absolute Gasteiger partial charge is 0.314 e. The number of nitrogens with one attached hydrogen (secondary N) is 1. The van der Waals surface area contributed by atoms with E-state index in [0.29, 0.717) is 6.04 Å². The summed E-state index contributed by atoms with van der Waals surface area (Å²) in [6, 6.07) is 4.79. The maximum absolute atomic E-state index is 4.43. The number of aryl methyl sites for hydroxylation is 1. The summed E-state index contributed by atoms with van der Waals surface area (Å²) in [5.41, 5.74) is 2.50. The Kier molecular flexibility index (Phi) is 5.47. The molecule has 0 saturated carbocycles. The van der Waals surface area contributed by atoms with E-state index >= 15 is 0 Å². The van der Waals surface area contributed by atoms with Gasteiger partial charge in [0.05, 0.1) is 0 Å². The van der Waals surface area contributed by atoms with E-state index in [2.05, 4.69) is 44.1 Å². The van der Waals surface area contributed by atoms with Crippen LogP contribution in [0.25, 0.3) is 0 Å². The normalized spacial score (nSPS) is 13.1. The van der Waals surface area contributed by atoms with Crippen LogP contribution in [-0.2, 0) is 6.42 Å². The second-order valence-electron chi connectivity index (χ2n) is 4.91. The summed E-state index contributed by atoms with van der Waals surface area (Å²) < 4.78 is 0. The van der Waals surface area contributed by atoms with Crippen LogP contribution in [0, 0.1) is 12.8 Å². The highest BCUT2D eigenvalue weighted by Gasteiger charge is 2.11. The molecule has 1 aromatic heterocycles. The van der Waals surface area contributed by atoms with Crippen LogP contribution in [-0.4, -0.2) is 17.6 Å². The van der Waals surface area contributed by atoms with Crippen molar-refractivity contribution in [3.05, 3.63) is 29.6 Å². The molecule has 0 aliphatic heterocycles. The van der Waals surface area contributed by atoms with Gasteiger partial charge in [-0.2, -0.15) is 0 Å². The molecule has 90 valence electrons. The summed E-state index contributed by atoms with van der Waals surface area (Å²) in [4.78, 5) is 4.43. The summed E-state index contributed by atoms with van der Waals surface area (Å²) in [5, 5.41) is 3.54. The first-order valence-corrected chi connectivity index (χ1v) is 6.26. The molecule has 0 aliphatic rings. The second-order valence-corrected chi connectivity index (χ2v) is 4.91. The van der Waals surface area contributed by atoms with Gasteiger partial charge in [0.1, 0.15) is 0 Å². The standard InChI is InChI=1S/C14H24N2/c1-5-15-13(8-11(2)3)10-14-9-12(4)6-7-16-14/h6-7,9,11,13,15H,5,8,10H2,1-4H3. The number of likely N-dealkylation sites (N-methyl/N-ethyl adjacent to an activating group) is 1. The Morgan fingerprint density at radius 2 is 2.12 bits per heavy atom. The van der Waals surface area contributed by atoms with Gasteiger partial charge in [0.2, 0.25) is 0 Å². The number of rotatable bonds is 6. The van der Waals surface area contributed by atoms with Crippen LogP contribution in [0.1, 0.15) is 38.4 Å². The van der Waals surface area contributed by atoms with Gasteiger partial charge in [-0.3, -0.25) is 4.98 Å². The first-order chi connectivity index (χ1) is 7.61. The van der Waals surface area contributed by atoms with Crippen LogP contribution in [0.2, 0.25) is 0 Å². The van der Waals surface area contributed by atoms with Gasteiger partial charge in [-0.25, -0.2) is 0 Å². The fourth-order valence-electron chi connectivity index (χ4n) is 2.06. The molecule has 1 unspecified atom stereocenters. The van der Waals surface area contributed by atoms with Gasteiger partial charge < -0.3 is 5.32 Å². The second kappa shape index (κ2) is 6.64. The van der Waals surface area contributed by atoms with Crippen molar-refractivity contribution in [1.82, 2.24) is 10.3 Å². The van der Waals surface area contributed by atoms with Crippen molar-refractivity contribution < 1.29 is 0 Å². The van der Waals surface area contributed by atoms with E-state index in [1.54, 1.807) is 0 Å². The molecule has 0 spiro atoms. The fraction of sp³-hybridized carbons (Fsp3) is 0.643. The van der Waals surface area contributed by atoms with Crippen molar-refractivity contribution >= 4 is 0 Å². The maximum atomic E-state index is 4.43. The van der Waals surface area contributed by atoms with Gasteiger partial charge in [0.15, 0.2) is 0 Å². The highest BCUT2D eigenvalue weighted by molar-refractivity contribution is 5.15. The molecule has 1 aromatic rings. The lowest BCUT2D eigenvalue weighted by molar-refractivity contribution is 0.421. The Bertz CT molecular complexity index is 307. The van der Waals surface area contributed by atoms with E-state index in [1.807, 2.05) is 12.3 Å². The molecule has 0 fully saturated rings. The number of aromatic nitrogens is 1. The SMILES string of the molecule is CCNC(Cc1cc(C)ccn1)CC(C)C. The van der Waals surface area contributed by atoms with E-state index in [4.69, 9.17) is 0 Å². The minimum Gasteiger partial charge on any atom is -0.314 e. The van der Waals surface area contributed by atoms with E-state index in [0.717, 1.165) is 18.9 Å². The number of pyridine rings is 1. The number of nitrogens with zero attached hydrogens (tertiary/aromatic N) is 1. The molecule has 2 nitrogen and oxygen atoms in total. The van der Waals surface area contributed by atoms with E-state index < -0.39 is 0 Å². The molecule has 16 heavy (non-hydrogen) atoms. The zero-order valence-electron chi connectivity index (χ0n) is 11.0. The summed E-state index contributed by atoms with van der Waals surface area (Å²) >= 11 is 0. The van der Waals surface area contributed by atoms with Crippen LogP contribution in [0.15, 0.2) is 18.3 Å². The molecular weight excluding hydrogens is 196 g/mol. The van der Waals surface area contributed by atoms with Gasteiger partial charge in [-0.1, -0.05) is 20.8 Å². The third kappa shape index (κ3) is 4.75. The number of hydrogen-bond acceptors (Lipinski definition) is 2. The minimum atomic E-state index is 0.555. The molecule has 0 amide bonds. The summed E-state index contributed by atoms with van der Waals surface area (Å²) in [6.07, 6.45) is 4.15. The fourth-order valence-corrected chi connectivity index (χ4v) is 2.06. The Hall–Kier alpha value is -0.890. The van der Waals surface area contributed by atoms with Crippen LogP contribution in [0.4, 0.5) is 0 Å². The molecule has 0 saturated heterocycles. The van der Waals surface area contributed by atoms with Crippen LogP contribution in [0.3, 0.4) is 0 Å². The topological polar surface area (TPSA) is 24.9 Å². The van der Waals surface area contributed by atoms with E-state index in [-0.39, 0.29) is 0 Å². The van der Waals surface area contributed by atoms with Crippen LogP contribution >= 0.6 is 0 Å². The minimum absolute atomic E-state index is 0.555. The molecule has 0 radical (unpaired) electrons. The molecular formula is C14H24N2. The van der Waals surface area contributed by atoms with Gasteiger partial charge in [0, 0.05) is 24.4 Å².